The Bertz CT molecular complexity index is 824. The van der Waals surface area contributed by atoms with Gasteiger partial charge in [-0.25, -0.2) is 4.79 Å². The van der Waals surface area contributed by atoms with Gasteiger partial charge in [0, 0.05) is 32.2 Å². The summed E-state index contributed by atoms with van der Waals surface area (Å²) in [5.74, 6) is 0.781. The molecule has 2 aliphatic heterocycles. The summed E-state index contributed by atoms with van der Waals surface area (Å²) in [5.41, 5.74) is -0.0142. The second-order valence-corrected chi connectivity index (χ2v) is 6.98. The van der Waals surface area contributed by atoms with Crippen LogP contribution in [0.25, 0.3) is 0 Å². The Labute approximate surface area is 163 Å². The molecular formula is C20H22N4O4. The zero-order valence-corrected chi connectivity index (χ0v) is 15.4. The average molecular weight is 382 g/mol. The Hall–Kier alpha value is -3.21. The predicted molar refractivity (Wildman–Crippen MR) is 100.0 cm³/mol. The molecule has 8 nitrogen and oxygen atoms in total. The summed E-state index contributed by atoms with van der Waals surface area (Å²) >= 11 is 0. The number of hydrogen-bond donors (Lipinski definition) is 2. The zero-order valence-electron chi connectivity index (χ0n) is 15.4. The van der Waals surface area contributed by atoms with E-state index in [9.17, 15) is 19.5 Å². The maximum absolute atomic E-state index is 12.7. The van der Waals surface area contributed by atoms with E-state index in [4.69, 9.17) is 6.42 Å². The third-order valence-corrected chi connectivity index (χ3v) is 5.04. The Morgan fingerprint density at radius 2 is 2.04 bits per heavy atom. The molecule has 0 bridgehead atoms. The van der Waals surface area contributed by atoms with Gasteiger partial charge >= 0.3 is 5.97 Å². The van der Waals surface area contributed by atoms with Gasteiger partial charge in [0.1, 0.15) is 6.04 Å². The largest absolute Gasteiger partial charge is 0.479 e. The van der Waals surface area contributed by atoms with Crippen molar-refractivity contribution in [3.05, 3.63) is 35.9 Å². The second-order valence-electron chi connectivity index (χ2n) is 6.98. The average Bonchev–Trinajstić information content (AvgIpc) is 3.39. The lowest BCUT2D eigenvalue weighted by Crippen LogP contribution is -2.44. The standard InChI is InChI=1S/C20H22N4O4/c1-2-3-11-20(22-23-20)12-9-16(25)21-15-10-13-24(18(15)26)17(19(27)28)14-7-5-4-6-8-14/h1,4-8,15,17H,3,9-13H2,(H,21,25)(H,27,28). The fourth-order valence-corrected chi connectivity index (χ4v) is 3.43. The summed E-state index contributed by atoms with van der Waals surface area (Å²) in [4.78, 5) is 38.0. The molecule has 0 radical (unpaired) electrons. The van der Waals surface area contributed by atoms with Crippen molar-refractivity contribution in [3.63, 3.8) is 0 Å². The number of terminal acetylenes is 1. The molecule has 0 spiro atoms. The van der Waals surface area contributed by atoms with Crippen molar-refractivity contribution < 1.29 is 19.5 Å². The Morgan fingerprint density at radius 3 is 2.64 bits per heavy atom. The van der Waals surface area contributed by atoms with E-state index < -0.39 is 23.7 Å². The molecular weight excluding hydrogens is 360 g/mol. The summed E-state index contributed by atoms with van der Waals surface area (Å²) in [7, 11) is 0. The zero-order chi connectivity index (χ0) is 20.1. The fourth-order valence-electron chi connectivity index (χ4n) is 3.43. The lowest BCUT2D eigenvalue weighted by atomic mass is 10.0. The maximum atomic E-state index is 12.7. The molecule has 1 aromatic rings. The van der Waals surface area contributed by atoms with Gasteiger partial charge in [-0.15, -0.1) is 12.3 Å². The number of benzene rings is 1. The number of carbonyl (C=O) groups excluding carboxylic acids is 2. The summed E-state index contributed by atoms with van der Waals surface area (Å²) in [6, 6.07) is 6.82. The van der Waals surface area contributed by atoms with Crippen molar-refractivity contribution in [1.82, 2.24) is 10.2 Å². The normalized spacial score (nSPS) is 20.5. The quantitative estimate of drug-likeness (QED) is 0.635. The van der Waals surface area contributed by atoms with Crippen LogP contribution in [0.5, 0.6) is 0 Å². The third kappa shape index (κ3) is 4.36. The van der Waals surface area contributed by atoms with Crippen molar-refractivity contribution >= 4 is 17.8 Å². The van der Waals surface area contributed by atoms with Crippen molar-refractivity contribution in [2.75, 3.05) is 6.54 Å². The van der Waals surface area contributed by atoms with Crippen LogP contribution >= 0.6 is 0 Å². The molecule has 1 saturated heterocycles. The first-order chi connectivity index (χ1) is 13.5. The molecule has 0 saturated carbocycles. The van der Waals surface area contributed by atoms with Crippen LogP contribution in [0.3, 0.4) is 0 Å². The van der Waals surface area contributed by atoms with Crippen LogP contribution in [0.1, 0.15) is 43.7 Å². The summed E-state index contributed by atoms with van der Waals surface area (Å²) in [5, 5.41) is 20.3. The van der Waals surface area contributed by atoms with Gasteiger partial charge in [-0.2, -0.15) is 10.2 Å². The molecule has 2 aliphatic rings. The van der Waals surface area contributed by atoms with Crippen LogP contribution in [-0.4, -0.2) is 46.0 Å². The van der Waals surface area contributed by atoms with Crippen LogP contribution in [0, 0.1) is 12.3 Å². The molecule has 3 rings (SSSR count). The van der Waals surface area contributed by atoms with Crippen molar-refractivity contribution in [1.29, 1.82) is 0 Å². The van der Waals surface area contributed by atoms with E-state index in [2.05, 4.69) is 21.5 Å². The highest BCUT2D eigenvalue weighted by Gasteiger charge is 2.42. The monoisotopic (exact) mass is 382 g/mol. The highest BCUT2D eigenvalue weighted by molar-refractivity contribution is 5.92. The Morgan fingerprint density at radius 1 is 1.32 bits per heavy atom. The minimum atomic E-state index is -1.10. The maximum Gasteiger partial charge on any atom is 0.331 e. The molecule has 2 N–H and O–H groups in total. The van der Waals surface area contributed by atoms with Crippen molar-refractivity contribution in [2.45, 2.75) is 49.9 Å². The number of nitrogens with one attached hydrogen (secondary N) is 1. The molecule has 2 heterocycles. The number of amides is 2. The van der Waals surface area contributed by atoms with E-state index in [0.717, 1.165) is 0 Å². The summed E-state index contributed by atoms with van der Waals surface area (Å²) < 4.78 is 0. The molecule has 8 heteroatoms. The van der Waals surface area contributed by atoms with E-state index in [1.54, 1.807) is 30.3 Å². The van der Waals surface area contributed by atoms with Gasteiger partial charge in [0.15, 0.2) is 11.7 Å². The SMILES string of the molecule is C#CCCC1(CCC(=O)NC2CCN(C(C(=O)O)c3ccccc3)C2=O)N=N1. The Kier molecular flexibility index (Phi) is 5.73. The lowest BCUT2D eigenvalue weighted by molar-refractivity contribution is -0.149. The van der Waals surface area contributed by atoms with Gasteiger partial charge in [0.2, 0.25) is 11.8 Å². The molecule has 0 aromatic heterocycles. The van der Waals surface area contributed by atoms with E-state index >= 15 is 0 Å². The fraction of sp³-hybridized carbons (Fsp3) is 0.450. The first-order valence-corrected chi connectivity index (χ1v) is 9.21. The molecule has 2 atom stereocenters. The van der Waals surface area contributed by atoms with Crippen LogP contribution in [0.2, 0.25) is 0 Å². The highest BCUT2D eigenvalue weighted by atomic mass is 16.4. The van der Waals surface area contributed by atoms with Crippen LogP contribution in [-0.2, 0) is 14.4 Å². The van der Waals surface area contributed by atoms with Crippen LogP contribution in [0.4, 0.5) is 0 Å². The van der Waals surface area contributed by atoms with Gasteiger partial charge in [-0.1, -0.05) is 30.3 Å². The number of carbonyl (C=O) groups is 3. The van der Waals surface area contributed by atoms with Crippen molar-refractivity contribution in [2.24, 2.45) is 10.2 Å². The topological polar surface area (TPSA) is 111 Å². The molecule has 0 aliphatic carbocycles. The first-order valence-electron chi connectivity index (χ1n) is 9.21. The molecule has 1 fully saturated rings. The van der Waals surface area contributed by atoms with Gasteiger partial charge in [0.05, 0.1) is 0 Å². The number of rotatable bonds is 9. The molecule has 28 heavy (non-hydrogen) atoms. The van der Waals surface area contributed by atoms with E-state index in [1.165, 1.54) is 4.90 Å². The highest BCUT2D eigenvalue weighted by Crippen LogP contribution is 2.37. The Balaban J connectivity index is 1.55. The number of hydrogen-bond acceptors (Lipinski definition) is 5. The molecule has 146 valence electrons. The summed E-state index contributed by atoms with van der Waals surface area (Å²) in [6.45, 7) is 0.270. The first kappa shape index (κ1) is 19.5. The number of carboxylic acid groups (broad SMARTS) is 1. The van der Waals surface area contributed by atoms with Crippen molar-refractivity contribution in [3.8, 4) is 12.3 Å². The number of carboxylic acids is 1. The van der Waals surface area contributed by atoms with Gasteiger partial charge in [-0.05, 0) is 12.0 Å². The number of likely N-dealkylation sites (tertiary alicyclic amines) is 1. The second kappa shape index (κ2) is 8.21. The van der Waals surface area contributed by atoms with Gasteiger partial charge in [0.25, 0.3) is 0 Å². The van der Waals surface area contributed by atoms with Crippen LogP contribution < -0.4 is 5.32 Å². The third-order valence-electron chi connectivity index (χ3n) is 5.04. The van der Waals surface area contributed by atoms with E-state index in [1.807, 2.05) is 0 Å². The predicted octanol–water partition coefficient (Wildman–Crippen LogP) is 1.89. The van der Waals surface area contributed by atoms with Gasteiger partial charge in [-0.3, -0.25) is 9.59 Å². The van der Waals surface area contributed by atoms with Gasteiger partial charge < -0.3 is 15.3 Å². The lowest BCUT2D eigenvalue weighted by Gasteiger charge is -2.25. The van der Waals surface area contributed by atoms with E-state index in [0.29, 0.717) is 31.2 Å². The minimum absolute atomic E-state index is 0.183. The number of nitrogens with zero attached hydrogens (tertiary/aromatic N) is 3. The smallest absolute Gasteiger partial charge is 0.331 e. The minimum Gasteiger partial charge on any atom is -0.479 e. The molecule has 2 amide bonds. The molecule has 2 unspecified atom stereocenters. The molecule has 1 aromatic carbocycles. The van der Waals surface area contributed by atoms with Crippen LogP contribution in [0.15, 0.2) is 40.6 Å². The number of aliphatic carboxylic acids is 1. The summed E-state index contributed by atoms with van der Waals surface area (Å²) in [6.07, 6.45) is 7.41. The van der Waals surface area contributed by atoms with E-state index in [-0.39, 0.29) is 24.8 Å².